The van der Waals surface area contributed by atoms with Crippen molar-refractivity contribution in [3.8, 4) is 5.75 Å². The van der Waals surface area contributed by atoms with Crippen molar-refractivity contribution in [2.45, 2.75) is 19.1 Å². The second-order valence-electron chi connectivity index (χ2n) is 6.41. The number of fused-ring (bicyclic) bond motifs is 3. The van der Waals surface area contributed by atoms with E-state index < -0.39 is 6.04 Å². The Morgan fingerprint density at radius 2 is 2.04 bits per heavy atom. The summed E-state index contributed by atoms with van der Waals surface area (Å²) in [6.07, 6.45) is 1.53. The van der Waals surface area contributed by atoms with E-state index in [0.717, 1.165) is 22.6 Å². The van der Waals surface area contributed by atoms with Crippen LogP contribution in [0.5, 0.6) is 5.75 Å². The van der Waals surface area contributed by atoms with E-state index in [9.17, 15) is 4.79 Å². The Bertz CT molecular complexity index is 913. The molecule has 1 amide bonds. The van der Waals surface area contributed by atoms with Crippen LogP contribution in [0.1, 0.15) is 30.3 Å². The number of benzene rings is 2. The van der Waals surface area contributed by atoms with Crippen LogP contribution >= 0.6 is 11.8 Å². The van der Waals surface area contributed by atoms with Gasteiger partial charge in [-0.15, -0.1) is 11.7 Å². The molecule has 2 aromatic rings. The van der Waals surface area contributed by atoms with Crippen LogP contribution < -0.4 is 15.4 Å². The lowest BCUT2D eigenvalue weighted by Crippen LogP contribution is -2.50. The summed E-state index contributed by atoms with van der Waals surface area (Å²) in [6.45, 7) is 6.32. The molecule has 144 valence electrons. The second-order valence-corrected chi connectivity index (χ2v) is 7.42. The molecule has 0 bridgehead atoms. The van der Waals surface area contributed by atoms with E-state index in [1.807, 2.05) is 60.5 Å². The molecule has 0 saturated heterocycles. The monoisotopic (exact) mass is 394 g/mol. The minimum absolute atomic E-state index is 0.0774. The summed E-state index contributed by atoms with van der Waals surface area (Å²) in [6, 6.07) is 15.3. The van der Waals surface area contributed by atoms with Crippen LogP contribution in [0.3, 0.4) is 0 Å². The van der Waals surface area contributed by atoms with Crippen LogP contribution in [0, 0.1) is 0 Å². The number of carbonyl (C=O) groups excluding carboxylic acids is 1. The number of amides is 1. The number of hydrogen-bond acceptors (Lipinski definition) is 6. The van der Waals surface area contributed by atoms with Gasteiger partial charge in [-0.1, -0.05) is 48.2 Å². The van der Waals surface area contributed by atoms with Crippen molar-refractivity contribution in [1.29, 1.82) is 0 Å². The van der Waals surface area contributed by atoms with Gasteiger partial charge in [0, 0.05) is 17.0 Å². The molecule has 0 aliphatic carbocycles. The van der Waals surface area contributed by atoms with Crippen LogP contribution in [-0.4, -0.2) is 28.4 Å². The molecule has 6 nitrogen and oxygen atoms in total. The molecule has 0 unspecified atom stereocenters. The third-order valence-electron chi connectivity index (χ3n) is 4.61. The van der Waals surface area contributed by atoms with E-state index in [1.54, 1.807) is 6.08 Å². The van der Waals surface area contributed by atoms with Crippen LogP contribution in [0.4, 0.5) is 5.69 Å². The van der Waals surface area contributed by atoms with Gasteiger partial charge in [0.15, 0.2) is 11.2 Å². The molecule has 28 heavy (non-hydrogen) atoms. The summed E-state index contributed by atoms with van der Waals surface area (Å²) in [7, 11) is 0. The number of thioether (sulfide) groups is 1. The fraction of sp³-hybridized carbons (Fsp3) is 0.238. The molecule has 2 aromatic carbocycles. The summed E-state index contributed by atoms with van der Waals surface area (Å²) < 4.78 is 5.55. The van der Waals surface area contributed by atoms with Crippen LogP contribution in [0.25, 0.3) is 0 Å². The van der Waals surface area contributed by atoms with Crippen LogP contribution in [0.2, 0.25) is 0 Å². The average Bonchev–Trinajstić information content (AvgIpc) is 2.72. The summed E-state index contributed by atoms with van der Waals surface area (Å²) in [4.78, 5) is 13.0. The minimum atomic E-state index is -0.484. The Balaban J connectivity index is 1.74. The number of nitrogens with one attached hydrogen (secondary N) is 2. The van der Waals surface area contributed by atoms with E-state index >= 15 is 0 Å². The number of para-hydroxylation sites is 1. The SMILES string of the molecule is C=CCSC1=NN2[C@@H](c3ccc(OCC)cc3)Nc3ccccc3[C@@H]2C(=O)N1. The molecule has 2 aliphatic heterocycles. The first kappa shape index (κ1) is 18.4. The van der Waals surface area contributed by atoms with E-state index in [-0.39, 0.29) is 12.1 Å². The van der Waals surface area contributed by atoms with E-state index in [1.165, 1.54) is 11.8 Å². The molecule has 0 radical (unpaired) electrons. The average molecular weight is 395 g/mol. The second kappa shape index (κ2) is 7.98. The zero-order valence-corrected chi connectivity index (χ0v) is 16.4. The van der Waals surface area contributed by atoms with Crippen molar-refractivity contribution < 1.29 is 9.53 Å². The molecular formula is C21H22N4O2S. The normalized spacial score (nSPS) is 20.2. The largest absolute Gasteiger partial charge is 0.494 e. The zero-order chi connectivity index (χ0) is 19.5. The van der Waals surface area contributed by atoms with Gasteiger partial charge in [0.1, 0.15) is 11.9 Å². The zero-order valence-electron chi connectivity index (χ0n) is 15.6. The predicted octanol–water partition coefficient (Wildman–Crippen LogP) is 3.87. The molecule has 2 atom stereocenters. The predicted molar refractivity (Wildman–Crippen MR) is 113 cm³/mol. The summed E-state index contributed by atoms with van der Waals surface area (Å²) in [5.41, 5.74) is 2.86. The molecule has 7 heteroatoms. The van der Waals surface area contributed by atoms with Gasteiger partial charge in [0.2, 0.25) is 0 Å². The third-order valence-corrected chi connectivity index (χ3v) is 5.47. The maximum atomic E-state index is 13.0. The maximum absolute atomic E-state index is 13.0. The van der Waals surface area contributed by atoms with Crippen molar-refractivity contribution in [2.75, 3.05) is 17.7 Å². The van der Waals surface area contributed by atoms with E-state index in [2.05, 4.69) is 17.2 Å². The number of rotatable bonds is 5. The van der Waals surface area contributed by atoms with Gasteiger partial charge in [0.25, 0.3) is 5.91 Å². The number of anilines is 1. The van der Waals surface area contributed by atoms with Crippen molar-refractivity contribution in [3.63, 3.8) is 0 Å². The highest BCUT2D eigenvalue weighted by Gasteiger charge is 2.41. The Morgan fingerprint density at radius 3 is 2.79 bits per heavy atom. The van der Waals surface area contributed by atoms with Gasteiger partial charge < -0.3 is 15.4 Å². The van der Waals surface area contributed by atoms with Gasteiger partial charge in [-0.2, -0.15) is 0 Å². The standard InChI is InChI=1S/C21H22N4O2S/c1-3-13-28-21-23-20(26)18-16-7-5-6-8-17(16)22-19(25(18)24-21)14-9-11-15(12-10-14)27-4-2/h3,5-12,18-19,22H,1,4,13H2,2H3,(H,23,24,26)/t18-,19+/m1/s1. The first-order valence-electron chi connectivity index (χ1n) is 9.21. The molecule has 0 fully saturated rings. The highest BCUT2D eigenvalue weighted by molar-refractivity contribution is 8.14. The lowest BCUT2D eigenvalue weighted by Gasteiger charge is -2.43. The molecule has 2 heterocycles. The van der Waals surface area contributed by atoms with Crippen LogP contribution in [0.15, 0.2) is 66.3 Å². The minimum Gasteiger partial charge on any atom is -0.494 e. The Labute approximate surface area is 168 Å². The number of hydrazone groups is 1. The molecule has 2 aliphatic rings. The van der Waals surface area contributed by atoms with Crippen molar-refractivity contribution >= 4 is 28.5 Å². The van der Waals surface area contributed by atoms with Crippen molar-refractivity contribution in [2.24, 2.45) is 5.10 Å². The van der Waals surface area contributed by atoms with Crippen LogP contribution in [-0.2, 0) is 4.79 Å². The molecule has 2 N–H and O–H groups in total. The van der Waals surface area contributed by atoms with Crippen molar-refractivity contribution in [3.05, 3.63) is 72.3 Å². The first-order chi connectivity index (χ1) is 13.7. The Kier molecular flexibility index (Phi) is 5.25. The highest BCUT2D eigenvalue weighted by Crippen LogP contribution is 2.42. The fourth-order valence-electron chi connectivity index (χ4n) is 3.40. The van der Waals surface area contributed by atoms with Gasteiger partial charge in [-0.3, -0.25) is 9.80 Å². The van der Waals surface area contributed by atoms with E-state index in [0.29, 0.717) is 17.5 Å². The van der Waals surface area contributed by atoms with Crippen molar-refractivity contribution in [1.82, 2.24) is 10.3 Å². The van der Waals surface area contributed by atoms with Gasteiger partial charge in [-0.05, 0) is 30.7 Å². The smallest absolute Gasteiger partial charge is 0.255 e. The number of carbonyl (C=O) groups is 1. The topological polar surface area (TPSA) is 66.0 Å². The summed E-state index contributed by atoms with van der Waals surface area (Å²) >= 11 is 1.45. The first-order valence-corrected chi connectivity index (χ1v) is 10.2. The number of ether oxygens (including phenoxy) is 1. The number of nitrogens with zero attached hydrogens (tertiary/aromatic N) is 2. The highest BCUT2D eigenvalue weighted by atomic mass is 32.2. The van der Waals surface area contributed by atoms with E-state index in [4.69, 9.17) is 9.84 Å². The van der Waals surface area contributed by atoms with Gasteiger partial charge in [0.05, 0.1) is 6.61 Å². The molecule has 0 aromatic heterocycles. The van der Waals surface area contributed by atoms with Gasteiger partial charge in [-0.25, -0.2) is 0 Å². The number of hydrogen-bond donors (Lipinski definition) is 2. The quantitative estimate of drug-likeness (QED) is 0.754. The third kappa shape index (κ3) is 3.45. The fourth-order valence-corrected chi connectivity index (χ4v) is 4.00. The Morgan fingerprint density at radius 1 is 1.25 bits per heavy atom. The maximum Gasteiger partial charge on any atom is 0.255 e. The lowest BCUT2D eigenvalue weighted by molar-refractivity contribution is -0.127. The Hall–Kier alpha value is -2.93. The lowest BCUT2D eigenvalue weighted by atomic mass is 9.97. The van der Waals surface area contributed by atoms with Gasteiger partial charge >= 0.3 is 0 Å². The number of amidine groups is 1. The molecular weight excluding hydrogens is 372 g/mol. The molecule has 0 saturated carbocycles. The summed E-state index contributed by atoms with van der Waals surface area (Å²) in [5.74, 6) is 1.42. The molecule has 4 rings (SSSR count). The molecule has 0 spiro atoms. The summed E-state index contributed by atoms with van der Waals surface area (Å²) in [5, 5.41) is 13.6.